The molecule has 0 aliphatic rings. The number of amides is 1. The molecular weight excluding hydrogens is 298 g/mol. The van der Waals surface area contributed by atoms with E-state index < -0.39 is 11.5 Å². The lowest BCUT2D eigenvalue weighted by Gasteiger charge is -2.08. The van der Waals surface area contributed by atoms with Crippen molar-refractivity contribution in [1.82, 2.24) is 5.48 Å². The summed E-state index contributed by atoms with van der Waals surface area (Å²) in [6.45, 7) is 0.231. The van der Waals surface area contributed by atoms with E-state index in [1.54, 1.807) is 41.9 Å². The summed E-state index contributed by atoms with van der Waals surface area (Å²) in [5.74, 6) is -0.141. The Kier molecular flexibility index (Phi) is 4.07. The van der Waals surface area contributed by atoms with E-state index in [1.807, 2.05) is 12.1 Å². The number of fused-ring (bicyclic) bond motifs is 1. The summed E-state index contributed by atoms with van der Waals surface area (Å²) < 4.78 is 10.8. The first-order valence-corrected chi connectivity index (χ1v) is 6.86. The van der Waals surface area contributed by atoms with Gasteiger partial charge in [0.15, 0.2) is 0 Å². The van der Waals surface area contributed by atoms with Gasteiger partial charge in [-0.3, -0.25) is 10.0 Å². The highest BCUT2D eigenvalue weighted by molar-refractivity contribution is 5.93. The summed E-state index contributed by atoms with van der Waals surface area (Å²) in [5.41, 5.74) is 2.71. The third kappa shape index (κ3) is 3.22. The van der Waals surface area contributed by atoms with Gasteiger partial charge in [0.1, 0.15) is 17.9 Å². The van der Waals surface area contributed by atoms with Crippen LogP contribution in [0.4, 0.5) is 0 Å². The van der Waals surface area contributed by atoms with Crippen molar-refractivity contribution < 1.29 is 19.2 Å². The molecular formula is C17H13NO5. The summed E-state index contributed by atoms with van der Waals surface area (Å²) in [5, 5.41) is 9.28. The molecule has 0 fully saturated rings. The molecule has 6 heteroatoms. The highest BCUT2D eigenvalue weighted by Gasteiger charge is 2.07. The predicted octanol–water partition coefficient (Wildman–Crippen LogP) is 2.49. The van der Waals surface area contributed by atoms with E-state index in [0.717, 1.165) is 5.56 Å². The van der Waals surface area contributed by atoms with Gasteiger partial charge in [-0.1, -0.05) is 24.3 Å². The Morgan fingerprint density at radius 2 is 1.87 bits per heavy atom. The summed E-state index contributed by atoms with van der Waals surface area (Å²) in [6.07, 6.45) is 0. The van der Waals surface area contributed by atoms with Gasteiger partial charge in [-0.15, -0.1) is 0 Å². The van der Waals surface area contributed by atoms with Gasteiger partial charge in [-0.2, -0.15) is 0 Å². The lowest BCUT2D eigenvalue weighted by Crippen LogP contribution is -2.18. The third-order valence-corrected chi connectivity index (χ3v) is 3.32. The van der Waals surface area contributed by atoms with Gasteiger partial charge in [0.25, 0.3) is 5.91 Å². The van der Waals surface area contributed by atoms with Crippen molar-refractivity contribution in [2.45, 2.75) is 6.61 Å². The molecule has 2 N–H and O–H groups in total. The molecule has 1 aromatic heterocycles. The van der Waals surface area contributed by atoms with Crippen LogP contribution >= 0.6 is 0 Å². The van der Waals surface area contributed by atoms with Gasteiger partial charge < -0.3 is 9.15 Å². The van der Waals surface area contributed by atoms with Crippen molar-refractivity contribution in [2.24, 2.45) is 0 Å². The first-order chi connectivity index (χ1) is 11.2. The van der Waals surface area contributed by atoms with Gasteiger partial charge >= 0.3 is 5.63 Å². The van der Waals surface area contributed by atoms with Gasteiger partial charge in [-0.05, 0) is 29.8 Å². The molecule has 0 saturated heterocycles. The van der Waals surface area contributed by atoms with Crippen LogP contribution in [0, 0.1) is 0 Å². The van der Waals surface area contributed by atoms with E-state index in [9.17, 15) is 9.59 Å². The summed E-state index contributed by atoms with van der Waals surface area (Å²) in [7, 11) is 0. The maximum absolute atomic E-state index is 11.6. The minimum absolute atomic E-state index is 0.231. The minimum atomic E-state index is -0.580. The Labute approximate surface area is 130 Å². The van der Waals surface area contributed by atoms with Crippen molar-refractivity contribution in [2.75, 3.05) is 0 Å². The molecule has 0 bridgehead atoms. The van der Waals surface area contributed by atoms with Crippen molar-refractivity contribution in [1.29, 1.82) is 0 Å². The van der Waals surface area contributed by atoms with Crippen LogP contribution in [0.3, 0.4) is 0 Å². The van der Waals surface area contributed by atoms with E-state index >= 15 is 0 Å². The SMILES string of the molecule is O=C(NO)c1ccc(COc2cc(=O)oc3ccccc23)cc1. The van der Waals surface area contributed by atoms with Crippen LogP contribution in [0.1, 0.15) is 15.9 Å². The standard InChI is InChI=1S/C17H13NO5/c19-16-9-15(13-3-1-2-4-14(13)23-16)22-10-11-5-7-12(8-6-11)17(20)18-21/h1-9,21H,10H2,(H,18,20). The first kappa shape index (κ1) is 14.8. The molecule has 0 aliphatic heterocycles. The molecule has 3 aromatic rings. The molecule has 23 heavy (non-hydrogen) atoms. The van der Waals surface area contributed by atoms with Crippen molar-refractivity contribution in [3.63, 3.8) is 0 Å². The number of para-hydroxylation sites is 1. The number of carbonyl (C=O) groups is 1. The second-order valence-corrected chi connectivity index (χ2v) is 4.85. The normalized spacial score (nSPS) is 10.5. The Hall–Kier alpha value is -3.12. The zero-order chi connectivity index (χ0) is 16.2. The molecule has 1 amide bonds. The van der Waals surface area contributed by atoms with Crippen LogP contribution in [0.2, 0.25) is 0 Å². The first-order valence-electron chi connectivity index (χ1n) is 6.86. The number of hydrogen-bond acceptors (Lipinski definition) is 5. The van der Waals surface area contributed by atoms with Crippen molar-refractivity contribution >= 4 is 16.9 Å². The van der Waals surface area contributed by atoms with Crippen molar-refractivity contribution in [3.05, 3.63) is 76.1 Å². The third-order valence-electron chi connectivity index (χ3n) is 3.32. The number of hydrogen-bond donors (Lipinski definition) is 2. The fourth-order valence-corrected chi connectivity index (χ4v) is 2.18. The molecule has 1 heterocycles. The van der Waals surface area contributed by atoms with Crippen LogP contribution in [0.25, 0.3) is 11.0 Å². The van der Waals surface area contributed by atoms with Crippen LogP contribution in [0.15, 0.2) is 63.8 Å². The zero-order valence-electron chi connectivity index (χ0n) is 12.0. The predicted molar refractivity (Wildman–Crippen MR) is 82.5 cm³/mol. The largest absolute Gasteiger partial charge is 0.488 e. The molecule has 0 unspecified atom stereocenters. The highest BCUT2D eigenvalue weighted by Crippen LogP contribution is 2.24. The quantitative estimate of drug-likeness (QED) is 0.439. The van der Waals surface area contributed by atoms with Gasteiger partial charge in [0.2, 0.25) is 0 Å². The van der Waals surface area contributed by atoms with E-state index in [4.69, 9.17) is 14.4 Å². The molecule has 0 radical (unpaired) electrons. The maximum atomic E-state index is 11.6. The Bertz CT molecular complexity index is 899. The topological polar surface area (TPSA) is 88.8 Å². The van der Waals surface area contributed by atoms with Crippen LogP contribution in [-0.4, -0.2) is 11.1 Å². The molecule has 0 atom stereocenters. The van der Waals surface area contributed by atoms with Gasteiger partial charge in [-0.25, -0.2) is 10.3 Å². The number of ether oxygens (including phenoxy) is 1. The van der Waals surface area contributed by atoms with Crippen LogP contribution in [-0.2, 0) is 6.61 Å². The average Bonchev–Trinajstić information content (AvgIpc) is 2.59. The monoisotopic (exact) mass is 311 g/mol. The molecule has 3 rings (SSSR count). The second-order valence-electron chi connectivity index (χ2n) is 4.85. The van der Waals surface area contributed by atoms with E-state index in [2.05, 4.69) is 0 Å². The lowest BCUT2D eigenvalue weighted by atomic mass is 10.1. The number of nitrogens with one attached hydrogen (secondary N) is 1. The Balaban J connectivity index is 1.81. The molecule has 116 valence electrons. The van der Waals surface area contributed by atoms with E-state index in [0.29, 0.717) is 22.3 Å². The number of carbonyl (C=O) groups excluding carboxylic acids is 1. The second kappa shape index (κ2) is 6.33. The lowest BCUT2D eigenvalue weighted by molar-refractivity contribution is 0.0706. The van der Waals surface area contributed by atoms with E-state index in [-0.39, 0.29) is 6.61 Å². The van der Waals surface area contributed by atoms with Crippen molar-refractivity contribution in [3.8, 4) is 5.75 Å². The maximum Gasteiger partial charge on any atom is 0.339 e. The fraction of sp³-hybridized carbons (Fsp3) is 0.0588. The minimum Gasteiger partial charge on any atom is -0.488 e. The zero-order valence-corrected chi connectivity index (χ0v) is 12.0. The van der Waals surface area contributed by atoms with Crippen LogP contribution < -0.4 is 15.8 Å². The Morgan fingerprint density at radius 3 is 2.61 bits per heavy atom. The molecule has 0 aliphatic carbocycles. The number of hydroxylamine groups is 1. The van der Waals surface area contributed by atoms with Gasteiger partial charge in [0, 0.05) is 5.56 Å². The molecule has 0 spiro atoms. The van der Waals surface area contributed by atoms with E-state index in [1.165, 1.54) is 6.07 Å². The molecule has 2 aromatic carbocycles. The summed E-state index contributed by atoms with van der Waals surface area (Å²) in [6, 6.07) is 15.0. The number of rotatable bonds is 4. The fourth-order valence-electron chi connectivity index (χ4n) is 2.18. The summed E-state index contributed by atoms with van der Waals surface area (Å²) >= 11 is 0. The smallest absolute Gasteiger partial charge is 0.339 e. The molecule has 0 saturated carbocycles. The Morgan fingerprint density at radius 1 is 1.13 bits per heavy atom. The molecule has 6 nitrogen and oxygen atoms in total. The number of benzene rings is 2. The highest BCUT2D eigenvalue weighted by atomic mass is 16.5. The summed E-state index contributed by atoms with van der Waals surface area (Å²) in [4.78, 5) is 22.8. The van der Waals surface area contributed by atoms with Gasteiger partial charge in [0.05, 0.1) is 11.5 Å². The van der Waals surface area contributed by atoms with Crippen LogP contribution in [0.5, 0.6) is 5.75 Å². The average molecular weight is 311 g/mol.